The minimum Gasteiger partial charge on any atom is -0.466 e. The predicted molar refractivity (Wildman–Crippen MR) is 75.7 cm³/mol. The number of halogens is 3. The van der Waals surface area contributed by atoms with Gasteiger partial charge < -0.3 is 4.74 Å². The van der Waals surface area contributed by atoms with Crippen molar-refractivity contribution in [3.05, 3.63) is 65.9 Å². The van der Waals surface area contributed by atoms with Crippen molar-refractivity contribution < 1.29 is 17.9 Å². The van der Waals surface area contributed by atoms with Gasteiger partial charge in [-0.1, -0.05) is 42.5 Å². The number of H-pyrrole nitrogens is 1. The molecule has 1 unspecified atom stereocenters. The molecule has 23 heavy (non-hydrogen) atoms. The Morgan fingerprint density at radius 1 is 0.913 bits per heavy atom. The van der Waals surface area contributed by atoms with E-state index in [1.165, 1.54) is 30.3 Å². The number of nitrogens with one attached hydrogen (secondary N) is 1. The van der Waals surface area contributed by atoms with Crippen LogP contribution < -0.4 is 4.74 Å². The Morgan fingerprint density at radius 3 is 2.35 bits per heavy atom. The van der Waals surface area contributed by atoms with Gasteiger partial charge in [0.2, 0.25) is 0 Å². The van der Waals surface area contributed by atoms with Crippen molar-refractivity contribution in [1.29, 1.82) is 0 Å². The molecule has 0 saturated heterocycles. The number of hydrogen-bond donors (Lipinski definition) is 1. The van der Waals surface area contributed by atoms with E-state index in [0.29, 0.717) is 5.56 Å². The summed E-state index contributed by atoms with van der Waals surface area (Å²) >= 11 is 0. The molecule has 1 N–H and O–H groups in total. The molecule has 3 aromatic rings. The van der Waals surface area contributed by atoms with Crippen molar-refractivity contribution in [2.24, 2.45) is 0 Å². The van der Waals surface area contributed by atoms with E-state index in [0.717, 1.165) is 0 Å². The Balaban J connectivity index is 2.07. The number of para-hydroxylation sites is 1. The van der Waals surface area contributed by atoms with Crippen LogP contribution in [0.3, 0.4) is 0 Å². The average Bonchev–Trinajstić information content (AvgIpc) is 3.04. The molecule has 0 fully saturated rings. The molecule has 0 radical (unpaired) electrons. The molecule has 0 aliphatic carbocycles. The third kappa shape index (κ3) is 1.79. The number of nitrogens with zero attached hydrogens (tertiary/aromatic N) is 2. The van der Waals surface area contributed by atoms with Gasteiger partial charge in [-0.15, -0.1) is 0 Å². The second-order valence-electron chi connectivity index (χ2n) is 5.16. The van der Waals surface area contributed by atoms with Crippen molar-refractivity contribution >= 4 is 0 Å². The Morgan fingerprint density at radius 2 is 1.61 bits per heavy atom. The van der Waals surface area contributed by atoms with Crippen LogP contribution in [0.25, 0.3) is 11.3 Å². The normalized spacial score (nSPS) is 19.6. The largest absolute Gasteiger partial charge is 0.466 e. The SMILES string of the molecule is FC(F)(F)C1(c2ccccc2)Oc2ccccc2-c2n[nH]nc21. The number of aromatic nitrogens is 3. The second kappa shape index (κ2) is 4.58. The van der Waals surface area contributed by atoms with E-state index >= 15 is 0 Å². The predicted octanol–water partition coefficient (Wildman–Crippen LogP) is 3.67. The van der Waals surface area contributed by atoms with Gasteiger partial charge in [-0.2, -0.15) is 28.6 Å². The Hall–Kier alpha value is -2.83. The zero-order valence-electron chi connectivity index (χ0n) is 11.6. The summed E-state index contributed by atoms with van der Waals surface area (Å²) in [6.07, 6.45) is -4.71. The number of ether oxygens (including phenoxy) is 1. The second-order valence-corrected chi connectivity index (χ2v) is 5.16. The smallest absolute Gasteiger partial charge is 0.438 e. The molecule has 0 amide bonds. The summed E-state index contributed by atoms with van der Waals surface area (Å²) in [6, 6.07) is 13.9. The molecule has 116 valence electrons. The summed E-state index contributed by atoms with van der Waals surface area (Å²) in [4.78, 5) is 0. The van der Waals surface area contributed by atoms with Crippen LogP contribution >= 0.6 is 0 Å². The number of aromatic amines is 1. The van der Waals surface area contributed by atoms with Crippen LogP contribution in [-0.4, -0.2) is 21.6 Å². The maximum Gasteiger partial charge on any atom is 0.438 e. The molecule has 7 heteroatoms. The van der Waals surface area contributed by atoms with Crippen molar-refractivity contribution in [3.63, 3.8) is 0 Å². The van der Waals surface area contributed by atoms with Gasteiger partial charge in [0, 0.05) is 11.1 Å². The first kappa shape index (κ1) is 13.8. The fourth-order valence-corrected chi connectivity index (χ4v) is 2.85. The first-order chi connectivity index (χ1) is 11.0. The zero-order valence-corrected chi connectivity index (χ0v) is 11.6. The van der Waals surface area contributed by atoms with Crippen LogP contribution in [-0.2, 0) is 5.60 Å². The molecule has 1 aliphatic heterocycles. The minimum absolute atomic E-state index is 0.0443. The summed E-state index contributed by atoms with van der Waals surface area (Å²) in [7, 11) is 0. The van der Waals surface area contributed by atoms with Crippen LogP contribution in [0.5, 0.6) is 5.75 Å². The van der Waals surface area contributed by atoms with Gasteiger partial charge in [0.25, 0.3) is 5.60 Å². The standard InChI is InChI=1S/C16H10F3N3O/c17-16(18,19)15(10-6-2-1-3-7-10)14-13(20-22-21-14)11-8-4-5-9-12(11)23-15/h1-9H,(H,20,21,22). The zero-order chi connectivity index (χ0) is 16.1. The first-order valence-electron chi connectivity index (χ1n) is 6.86. The molecule has 1 atom stereocenters. The van der Waals surface area contributed by atoms with Crippen molar-refractivity contribution in [3.8, 4) is 17.0 Å². The molecular formula is C16H10F3N3O. The number of rotatable bonds is 1. The highest BCUT2D eigenvalue weighted by atomic mass is 19.4. The highest BCUT2D eigenvalue weighted by Crippen LogP contribution is 2.53. The Labute approximate surface area is 128 Å². The maximum atomic E-state index is 14.1. The molecule has 0 bridgehead atoms. The van der Waals surface area contributed by atoms with E-state index in [2.05, 4.69) is 15.4 Å². The summed E-state index contributed by atoms with van der Waals surface area (Å²) < 4.78 is 47.9. The van der Waals surface area contributed by atoms with Crippen LogP contribution in [0.2, 0.25) is 0 Å². The molecular weight excluding hydrogens is 307 g/mol. The summed E-state index contributed by atoms with van der Waals surface area (Å²) in [5.74, 6) is 0.120. The van der Waals surface area contributed by atoms with Crippen LogP contribution in [0, 0.1) is 0 Å². The van der Waals surface area contributed by atoms with E-state index in [1.807, 2.05) is 0 Å². The minimum atomic E-state index is -4.71. The number of benzene rings is 2. The Bertz CT molecular complexity index is 860. The lowest BCUT2D eigenvalue weighted by atomic mass is 9.84. The molecule has 1 aromatic heterocycles. The summed E-state index contributed by atoms with van der Waals surface area (Å²) in [5, 5.41) is 9.98. The van der Waals surface area contributed by atoms with Crippen molar-refractivity contribution in [2.45, 2.75) is 11.8 Å². The van der Waals surface area contributed by atoms with Gasteiger partial charge >= 0.3 is 6.18 Å². The van der Waals surface area contributed by atoms with Crippen LogP contribution in [0.1, 0.15) is 11.3 Å². The molecule has 2 heterocycles. The van der Waals surface area contributed by atoms with Crippen molar-refractivity contribution in [1.82, 2.24) is 15.4 Å². The van der Waals surface area contributed by atoms with Gasteiger partial charge in [0.15, 0.2) is 0 Å². The lowest BCUT2D eigenvalue weighted by molar-refractivity contribution is -0.239. The fraction of sp³-hybridized carbons (Fsp3) is 0.125. The van der Waals surface area contributed by atoms with Crippen LogP contribution in [0.15, 0.2) is 54.6 Å². The van der Waals surface area contributed by atoms with E-state index in [-0.39, 0.29) is 22.7 Å². The van der Waals surface area contributed by atoms with E-state index in [9.17, 15) is 13.2 Å². The third-order valence-corrected chi connectivity index (χ3v) is 3.87. The van der Waals surface area contributed by atoms with Gasteiger partial charge in [0.05, 0.1) is 0 Å². The molecule has 4 rings (SSSR count). The molecule has 2 aromatic carbocycles. The monoisotopic (exact) mass is 317 g/mol. The van der Waals surface area contributed by atoms with E-state index in [1.54, 1.807) is 24.3 Å². The quantitative estimate of drug-likeness (QED) is 0.745. The lowest BCUT2D eigenvalue weighted by Crippen LogP contribution is -2.50. The topological polar surface area (TPSA) is 50.8 Å². The average molecular weight is 317 g/mol. The van der Waals surface area contributed by atoms with Crippen molar-refractivity contribution in [2.75, 3.05) is 0 Å². The number of alkyl halides is 3. The third-order valence-electron chi connectivity index (χ3n) is 3.87. The molecule has 1 aliphatic rings. The number of fused-ring (bicyclic) bond motifs is 3. The molecule has 4 nitrogen and oxygen atoms in total. The van der Waals surface area contributed by atoms with E-state index < -0.39 is 11.8 Å². The van der Waals surface area contributed by atoms with E-state index in [4.69, 9.17) is 4.74 Å². The van der Waals surface area contributed by atoms with Gasteiger partial charge in [-0.05, 0) is 12.1 Å². The summed E-state index contributed by atoms with van der Waals surface area (Å²) in [5.41, 5.74) is -2.39. The summed E-state index contributed by atoms with van der Waals surface area (Å²) in [6.45, 7) is 0. The molecule has 0 saturated carbocycles. The highest BCUT2D eigenvalue weighted by molar-refractivity contribution is 5.73. The van der Waals surface area contributed by atoms with Gasteiger partial charge in [0.1, 0.15) is 17.1 Å². The van der Waals surface area contributed by atoms with Crippen LogP contribution in [0.4, 0.5) is 13.2 Å². The fourth-order valence-electron chi connectivity index (χ4n) is 2.85. The lowest BCUT2D eigenvalue weighted by Gasteiger charge is -2.38. The van der Waals surface area contributed by atoms with Gasteiger partial charge in [-0.3, -0.25) is 0 Å². The Kier molecular flexibility index (Phi) is 2.75. The number of hydrogen-bond acceptors (Lipinski definition) is 3. The first-order valence-corrected chi connectivity index (χ1v) is 6.86. The van der Waals surface area contributed by atoms with Gasteiger partial charge in [-0.25, -0.2) is 0 Å². The highest BCUT2D eigenvalue weighted by Gasteiger charge is 2.64. The maximum absolute atomic E-state index is 14.1. The molecule has 0 spiro atoms.